The number of aliphatic hydroxyl groups excluding tert-OH is 2. The maximum atomic E-state index is 13.1. The van der Waals surface area contributed by atoms with E-state index in [-0.39, 0.29) is 6.54 Å². The smallest absolute Gasteiger partial charge is 0.330 e. The zero-order chi connectivity index (χ0) is 13.4. The molecule has 0 saturated carbocycles. The van der Waals surface area contributed by atoms with E-state index in [1.807, 2.05) is 0 Å². The number of hydrogen-bond donors (Lipinski definition) is 4. The van der Waals surface area contributed by atoms with Crippen LogP contribution >= 0.6 is 0 Å². The van der Waals surface area contributed by atoms with E-state index in [1.165, 1.54) is 0 Å². The minimum atomic E-state index is -1.44. The minimum Gasteiger partial charge on any atom is -0.387 e. The van der Waals surface area contributed by atoms with Gasteiger partial charge in [-0.2, -0.15) is 4.39 Å². The first-order chi connectivity index (χ1) is 8.45. The number of hydrogen-bond acceptors (Lipinski definition) is 6. The normalized spacial score (nSPS) is 31.8. The van der Waals surface area contributed by atoms with Crippen LogP contribution in [-0.4, -0.2) is 44.6 Å². The van der Waals surface area contributed by atoms with Crippen LogP contribution in [0.5, 0.6) is 0 Å². The number of H-pyrrole nitrogens is 1. The first-order valence-corrected chi connectivity index (χ1v) is 5.18. The van der Waals surface area contributed by atoms with Gasteiger partial charge in [0.1, 0.15) is 18.3 Å². The molecule has 1 unspecified atom stereocenters. The molecule has 2 heterocycles. The van der Waals surface area contributed by atoms with E-state index in [4.69, 9.17) is 10.5 Å². The lowest BCUT2D eigenvalue weighted by Gasteiger charge is -2.16. The summed E-state index contributed by atoms with van der Waals surface area (Å²) in [5.41, 5.74) is 3.19. The first kappa shape index (κ1) is 12.9. The summed E-state index contributed by atoms with van der Waals surface area (Å²) in [7, 11) is 0. The van der Waals surface area contributed by atoms with Gasteiger partial charge in [0.25, 0.3) is 5.56 Å². The van der Waals surface area contributed by atoms with Gasteiger partial charge in [-0.3, -0.25) is 14.3 Å². The first-order valence-electron chi connectivity index (χ1n) is 5.18. The van der Waals surface area contributed by atoms with E-state index in [9.17, 15) is 24.2 Å². The van der Waals surface area contributed by atoms with E-state index in [2.05, 4.69) is 0 Å². The predicted octanol–water partition coefficient (Wildman–Crippen LogP) is -2.75. The summed E-state index contributed by atoms with van der Waals surface area (Å²) in [5, 5.41) is 19.3. The number of aliphatic hydroxyl groups is 2. The molecule has 0 spiro atoms. The lowest BCUT2D eigenvalue weighted by molar-refractivity contribution is -0.0378. The highest BCUT2D eigenvalue weighted by molar-refractivity contribution is 4.94. The Hall–Kier alpha value is -1.55. The van der Waals surface area contributed by atoms with E-state index in [1.54, 1.807) is 4.98 Å². The Bertz CT molecular complexity index is 556. The van der Waals surface area contributed by atoms with Crippen LogP contribution in [0.2, 0.25) is 0 Å². The molecule has 100 valence electrons. The molecule has 5 N–H and O–H groups in total. The van der Waals surface area contributed by atoms with Gasteiger partial charge >= 0.3 is 5.69 Å². The number of nitrogens with two attached hydrogens (primary N) is 1. The third kappa shape index (κ3) is 1.97. The maximum absolute atomic E-state index is 13.1. The lowest BCUT2D eigenvalue weighted by Crippen LogP contribution is -2.39. The molecule has 4 atom stereocenters. The molecule has 18 heavy (non-hydrogen) atoms. The molecule has 1 saturated heterocycles. The average Bonchev–Trinajstić information content (AvgIpc) is 2.61. The van der Waals surface area contributed by atoms with Gasteiger partial charge in [0.15, 0.2) is 6.23 Å². The van der Waals surface area contributed by atoms with Crippen molar-refractivity contribution >= 4 is 0 Å². The van der Waals surface area contributed by atoms with Crippen molar-refractivity contribution in [3.63, 3.8) is 0 Å². The minimum absolute atomic E-state index is 0.0741. The van der Waals surface area contributed by atoms with Gasteiger partial charge in [-0.15, -0.1) is 0 Å². The molecular weight excluding hydrogens is 249 g/mol. The van der Waals surface area contributed by atoms with Crippen molar-refractivity contribution in [1.29, 1.82) is 0 Å². The monoisotopic (exact) mass is 261 g/mol. The van der Waals surface area contributed by atoms with Crippen LogP contribution in [0.4, 0.5) is 4.39 Å². The Morgan fingerprint density at radius 2 is 2.11 bits per heavy atom. The van der Waals surface area contributed by atoms with Gasteiger partial charge in [0.2, 0.25) is 5.82 Å². The van der Waals surface area contributed by atoms with Crippen LogP contribution in [0.1, 0.15) is 6.23 Å². The number of aromatic amines is 1. The van der Waals surface area contributed by atoms with Crippen molar-refractivity contribution in [1.82, 2.24) is 9.55 Å². The highest BCUT2D eigenvalue weighted by atomic mass is 19.1. The number of nitrogens with one attached hydrogen (secondary N) is 1. The van der Waals surface area contributed by atoms with Crippen molar-refractivity contribution in [3.8, 4) is 0 Å². The molecule has 0 amide bonds. The molecule has 8 nitrogen and oxygen atoms in total. The summed E-state index contributed by atoms with van der Waals surface area (Å²) in [6.45, 7) is -0.0741. The molecule has 0 bridgehead atoms. The second-order valence-electron chi connectivity index (χ2n) is 3.93. The second kappa shape index (κ2) is 4.61. The van der Waals surface area contributed by atoms with Gasteiger partial charge in [0.05, 0.1) is 6.20 Å². The highest BCUT2D eigenvalue weighted by Crippen LogP contribution is 2.27. The number of nitrogens with zero attached hydrogens (tertiary/aromatic N) is 1. The summed E-state index contributed by atoms with van der Waals surface area (Å²) in [6.07, 6.45) is -4.29. The fraction of sp³-hybridized carbons (Fsp3) is 0.556. The third-order valence-electron chi connectivity index (χ3n) is 2.77. The van der Waals surface area contributed by atoms with E-state index < -0.39 is 41.6 Å². The quantitative estimate of drug-likeness (QED) is 0.456. The predicted molar refractivity (Wildman–Crippen MR) is 56.3 cm³/mol. The largest absolute Gasteiger partial charge is 0.387 e. The summed E-state index contributed by atoms with van der Waals surface area (Å²) >= 11 is 0. The maximum Gasteiger partial charge on any atom is 0.330 e. The Morgan fingerprint density at radius 3 is 2.67 bits per heavy atom. The number of rotatable bonds is 2. The molecule has 0 aromatic carbocycles. The number of aromatic nitrogens is 2. The van der Waals surface area contributed by atoms with E-state index >= 15 is 0 Å². The average molecular weight is 261 g/mol. The van der Waals surface area contributed by atoms with Gasteiger partial charge in [-0.05, 0) is 0 Å². The van der Waals surface area contributed by atoms with Crippen LogP contribution in [0.3, 0.4) is 0 Å². The van der Waals surface area contributed by atoms with Crippen LogP contribution in [0.15, 0.2) is 15.8 Å². The fourth-order valence-corrected chi connectivity index (χ4v) is 1.80. The fourth-order valence-electron chi connectivity index (χ4n) is 1.80. The van der Waals surface area contributed by atoms with Crippen LogP contribution in [0, 0.1) is 5.82 Å². The topological polar surface area (TPSA) is 131 Å². The van der Waals surface area contributed by atoms with Crippen LogP contribution in [0.25, 0.3) is 0 Å². The standard InChI is InChI=1S/C9H12FN3O5/c10-3-2-13(9(17)12-7(3)16)8-6(15)5(14)4(1-11)18-8/h2,4-6,8,14-15H,1,11H2,(H,12,16,17)/t4-,5-,6-,8?/m1/s1. The molecule has 1 aromatic heterocycles. The van der Waals surface area contributed by atoms with Gasteiger partial charge in [-0.25, -0.2) is 4.79 Å². The summed E-state index contributed by atoms with van der Waals surface area (Å²) < 4.78 is 18.9. The molecule has 1 aliphatic heterocycles. The molecule has 1 aliphatic rings. The summed E-state index contributed by atoms with van der Waals surface area (Å²) in [6, 6.07) is 0. The Labute approximate surface area is 99.4 Å². The van der Waals surface area contributed by atoms with Crippen molar-refractivity contribution in [3.05, 3.63) is 32.9 Å². The van der Waals surface area contributed by atoms with Crippen LogP contribution in [-0.2, 0) is 4.74 Å². The third-order valence-corrected chi connectivity index (χ3v) is 2.77. The lowest BCUT2D eigenvalue weighted by atomic mass is 10.1. The zero-order valence-corrected chi connectivity index (χ0v) is 9.12. The molecule has 1 aromatic rings. The SMILES string of the molecule is NC[C@H]1OC(n2cc(F)c(=O)[nH]c2=O)[C@H](O)[C@@H]1O. The Morgan fingerprint density at radius 1 is 1.44 bits per heavy atom. The Kier molecular flexibility index (Phi) is 3.30. The number of halogens is 1. The highest BCUT2D eigenvalue weighted by Gasteiger charge is 2.43. The van der Waals surface area contributed by atoms with Crippen molar-refractivity contribution in [2.45, 2.75) is 24.5 Å². The zero-order valence-electron chi connectivity index (χ0n) is 9.12. The van der Waals surface area contributed by atoms with Crippen LogP contribution < -0.4 is 17.0 Å². The van der Waals surface area contributed by atoms with Crippen molar-refractivity contribution in [2.75, 3.05) is 6.54 Å². The molecule has 9 heteroatoms. The molecule has 0 aliphatic carbocycles. The number of ether oxygens (including phenoxy) is 1. The second-order valence-corrected chi connectivity index (χ2v) is 3.93. The molecular formula is C9H12FN3O5. The van der Waals surface area contributed by atoms with Gasteiger partial charge < -0.3 is 20.7 Å². The van der Waals surface area contributed by atoms with Crippen molar-refractivity contribution < 1.29 is 19.3 Å². The molecule has 0 radical (unpaired) electrons. The molecule has 1 fully saturated rings. The van der Waals surface area contributed by atoms with Crippen molar-refractivity contribution in [2.24, 2.45) is 5.73 Å². The summed E-state index contributed by atoms with van der Waals surface area (Å²) in [4.78, 5) is 24.0. The van der Waals surface area contributed by atoms with E-state index in [0.717, 1.165) is 0 Å². The molecule has 2 rings (SSSR count). The summed E-state index contributed by atoms with van der Waals surface area (Å²) in [5.74, 6) is -1.20. The van der Waals surface area contributed by atoms with Gasteiger partial charge in [0, 0.05) is 6.54 Å². The van der Waals surface area contributed by atoms with E-state index in [0.29, 0.717) is 10.8 Å². The van der Waals surface area contributed by atoms with Gasteiger partial charge in [-0.1, -0.05) is 0 Å². The Balaban J connectivity index is 2.42.